The fraction of sp³-hybridized carbons (Fsp3) is 0.269. The highest BCUT2D eigenvalue weighted by Gasteiger charge is 2.21. The van der Waals surface area contributed by atoms with E-state index in [-0.39, 0.29) is 5.78 Å². The summed E-state index contributed by atoms with van der Waals surface area (Å²) in [7, 11) is 0. The molecule has 152 valence electrons. The van der Waals surface area contributed by atoms with E-state index < -0.39 is 0 Å². The molecule has 1 saturated heterocycles. The molecule has 4 aromatic rings. The first-order valence-corrected chi connectivity index (χ1v) is 10.6. The molecule has 3 aromatic carbocycles. The standard InChI is InChI=1S/C26H26N2O2/c1-19(27-13-15-30-16-14-27)17-28-18-24(22-10-4-5-12-25(22)28)26(29)23-11-6-8-20-7-2-3-9-21(20)23/h2-12,18-19H,13-17H2,1H3/t19-/m0/s1. The molecule has 0 unspecified atom stereocenters. The molecule has 4 heteroatoms. The number of benzene rings is 3. The minimum absolute atomic E-state index is 0.0841. The average Bonchev–Trinajstić information content (AvgIpc) is 3.17. The number of hydrogen-bond donors (Lipinski definition) is 0. The van der Waals surface area contributed by atoms with Crippen LogP contribution >= 0.6 is 0 Å². The highest BCUT2D eigenvalue weighted by Crippen LogP contribution is 2.27. The first kappa shape index (κ1) is 19.0. The van der Waals surface area contributed by atoms with Crippen LogP contribution < -0.4 is 0 Å². The molecule has 1 atom stereocenters. The van der Waals surface area contributed by atoms with Gasteiger partial charge in [-0.05, 0) is 23.8 Å². The van der Waals surface area contributed by atoms with Crippen molar-refractivity contribution in [2.24, 2.45) is 0 Å². The molecule has 4 nitrogen and oxygen atoms in total. The second kappa shape index (κ2) is 8.05. The van der Waals surface area contributed by atoms with Crippen molar-refractivity contribution in [1.82, 2.24) is 9.47 Å². The van der Waals surface area contributed by atoms with E-state index >= 15 is 0 Å². The summed E-state index contributed by atoms with van der Waals surface area (Å²) in [6.45, 7) is 6.61. The number of carbonyl (C=O) groups is 1. The molecule has 0 spiro atoms. The van der Waals surface area contributed by atoms with Gasteiger partial charge in [-0.15, -0.1) is 0 Å². The van der Waals surface area contributed by atoms with E-state index in [0.29, 0.717) is 6.04 Å². The Balaban J connectivity index is 1.54. The number of aromatic nitrogens is 1. The smallest absolute Gasteiger partial charge is 0.195 e. The van der Waals surface area contributed by atoms with E-state index in [1.807, 2.05) is 48.7 Å². The lowest BCUT2D eigenvalue weighted by Gasteiger charge is -2.32. The van der Waals surface area contributed by atoms with Crippen LogP contribution in [0.5, 0.6) is 0 Å². The minimum Gasteiger partial charge on any atom is -0.379 e. The number of rotatable bonds is 5. The summed E-state index contributed by atoms with van der Waals surface area (Å²) in [5.74, 6) is 0.0841. The number of ketones is 1. The van der Waals surface area contributed by atoms with Gasteiger partial charge < -0.3 is 9.30 Å². The monoisotopic (exact) mass is 398 g/mol. The van der Waals surface area contributed by atoms with E-state index in [2.05, 4.69) is 40.7 Å². The number of ether oxygens (including phenoxy) is 1. The lowest BCUT2D eigenvalue weighted by atomic mass is 9.97. The van der Waals surface area contributed by atoms with Gasteiger partial charge in [0.25, 0.3) is 0 Å². The molecule has 2 heterocycles. The average molecular weight is 399 g/mol. The minimum atomic E-state index is 0.0841. The topological polar surface area (TPSA) is 34.5 Å². The van der Waals surface area contributed by atoms with Gasteiger partial charge in [0.2, 0.25) is 0 Å². The van der Waals surface area contributed by atoms with Crippen LogP contribution in [0.4, 0.5) is 0 Å². The number of carbonyl (C=O) groups excluding carboxylic acids is 1. The molecule has 0 radical (unpaired) electrons. The van der Waals surface area contributed by atoms with Crippen molar-refractivity contribution in [1.29, 1.82) is 0 Å². The fourth-order valence-corrected chi connectivity index (χ4v) is 4.57. The van der Waals surface area contributed by atoms with E-state index in [4.69, 9.17) is 4.74 Å². The summed E-state index contributed by atoms with van der Waals surface area (Å²) in [4.78, 5) is 16.1. The molecule has 1 aromatic heterocycles. The summed E-state index contributed by atoms with van der Waals surface area (Å²) in [5.41, 5.74) is 2.65. The highest BCUT2D eigenvalue weighted by molar-refractivity contribution is 6.21. The Labute approximate surface area is 176 Å². The van der Waals surface area contributed by atoms with Crippen molar-refractivity contribution >= 4 is 27.5 Å². The van der Waals surface area contributed by atoms with Gasteiger partial charge in [-0.1, -0.05) is 60.7 Å². The van der Waals surface area contributed by atoms with E-state index in [9.17, 15) is 4.79 Å². The fourth-order valence-electron chi connectivity index (χ4n) is 4.57. The number of nitrogens with zero attached hydrogens (tertiary/aromatic N) is 2. The van der Waals surface area contributed by atoms with Gasteiger partial charge >= 0.3 is 0 Å². The quantitative estimate of drug-likeness (QED) is 0.455. The van der Waals surface area contributed by atoms with Crippen LogP contribution in [0, 0.1) is 0 Å². The van der Waals surface area contributed by atoms with Gasteiger partial charge in [-0.2, -0.15) is 0 Å². The highest BCUT2D eigenvalue weighted by atomic mass is 16.5. The van der Waals surface area contributed by atoms with Crippen molar-refractivity contribution in [2.45, 2.75) is 19.5 Å². The number of fused-ring (bicyclic) bond motifs is 2. The maximum absolute atomic E-state index is 13.6. The van der Waals surface area contributed by atoms with Gasteiger partial charge in [0.1, 0.15) is 0 Å². The summed E-state index contributed by atoms with van der Waals surface area (Å²) >= 11 is 0. The Morgan fingerprint density at radius 3 is 2.43 bits per heavy atom. The molecular formula is C26H26N2O2. The molecule has 1 fully saturated rings. The Bertz CT molecular complexity index is 1200. The third-order valence-electron chi connectivity index (χ3n) is 6.20. The van der Waals surface area contributed by atoms with Gasteiger partial charge in [0.15, 0.2) is 5.78 Å². The number of hydrogen-bond acceptors (Lipinski definition) is 3. The zero-order valence-electron chi connectivity index (χ0n) is 17.3. The van der Waals surface area contributed by atoms with Gasteiger partial charge in [0.05, 0.1) is 13.2 Å². The van der Waals surface area contributed by atoms with Crippen molar-refractivity contribution in [3.63, 3.8) is 0 Å². The summed E-state index contributed by atoms with van der Waals surface area (Å²) in [5, 5.41) is 3.11. The zero-order chi connectivity index (χ0) is 20.5. The van der Waals surface area contributed by atoms with Gasteiger partial charge in [-0.3, -0.25) is 9.69 Å². The summed E-state index contributed by atoms with van der Waals surface area (Å²) in [6.07, 6.45) is 2.05. The van der Waals surface area contributed by atoms with Crippen LogP contribution in [0.3, 0.4) is 0 Å². The zero-order valence-corrected chi connectivity index (χ0v) is 17.3. The molecule has 5 rings (SSSR count). The molecule has 30 heavy (non-hydrogen) atoms. The third-order valence-corrected chi connectivity index (χ3v) is 6.20. The SMILES string of the molecule is C[C@@H](Cn1cc(C(=O)c2cccc3ccccc23)c2ccccc21)N1CCOCC1. The number of morpholine rings is 1. The second-order valence-electron chi connectivity index (χ2n) is 8.07. The van der Waals surface area contributed by atoms with Crippen LogP contribution in [0.2, 0.25) is 0 Å². The number of para-hydroxylation sites is 1. The molecule has 0 bridgehead atoms. The Morgan fingerprint density at radius 2 is 1.60 bits per heavy atom. The molecule has 0 aliphatic carbocycles. The Kier molecular flexibility index (Phi) is 5.11. The summed E-state index contributed by atoms with van der Waals surface area (Å²) < 4.78 is 7.74. The van der Waals surface area contributed by atoms with Crippen LogP contribution in [0.1, 0.15) is 22.8 Å². The maximum Gasteiger partial charge on any atom is 0.195 e. The van der Waals surface area contributed by atoms with Gasteiger partial charge in [-0.25, -0.2) is 0 Å². The lowest BCUT2D eigenvalue weighted by Crippen LogP contribution is -2.43. The van der Waals surface area contributed by atoms with Crippen molar-refractivity contribution < 1.29 is 9.53 Å². The van der Waals surface area contributed by atoms with E-state index in [1.54, 1.807) is 0 Å². The molecular weight excluding hydrogens is 372 g/mol. The van der Waals surface area contributed by atoms with Gasteiger partial charge in [0, 0.05) is 53.9 Å². The van der Waals surface area contributed by atoms with Crippen LogP contribution in [0.15, 0.2) is 72.9 Å². The lowest BCUT2D eigenvalue weighted by molar-refractivity contribution is 0.0172. The molecule has 1 aliphatic rings. The van der Waals surface area contributed by atoms with E-state index in [1.165, 1.54) is 0 Å². The van der Waals surface area contributed by atoms with E-state index in [0.717, 1.165) is 65.7 Å². The predicted molar refractivity (Wildman–Crippen MR) is 121 cm³/mol. The van der Waals surface area contributed by atoms with Crippen LogP contribution in [-0.2, 0) is 11.3 Å². The normalized spacial score (nSPS) is 16.2. The molecule has 0 saturated carbocycles. The Morgan fingerprint density at radius 1 is 0.900 bits per heavy atom. The first-order chi connectivity index (χ1) is 14.7. The first-order valence-electron chi connectivity index (χ1n) is 10.6. The summed E-state index contributed by atoms with van der Waals surface area (Å²) in [6, 6.07) is 22.7. The second-order valence-corrected chi connectivity index (χ2v) is 8.07. The third kappa shape index (κ3) is 3.42. The van der Waals surface area contributed by atoms with Crippen molar-refractivity contribution in [2.75, 3.05) is 26.3 Å². The van der Waals surface area contributed by atoms with Crippen molar-refractivity contribution in [3.05, 3.63) is 84.1 Å². The molecule has 1 aliphatic heterocycles. The predicted octanol–water partition coefficient (Wildman–Crippen LogP) is 4.75. The maximum atomic E-state index is 13.6. The largest absolute Gasteiger partial charge is 0.379 e. The van der Waals surface area contributed by atoms with Crippen LogP contribution in [-0.4, -0.2) is 47.6 Å². The van der Waals surface area contributed by atoms with Crippen molar-refractivity contribution in [3.8, 4) is 0 Å². The Hall–Kier alpha value is -2.95. The van der Waals surface area contributed by atoms with Crippen LogP contribution in [0.25, 0.3) is 21.7 Å². The molecule has 0 N–H and O–H groups in total. The molecule has 0 amide bonds.